The van der Waals surface area contributed by atoms with E-state index < -0.39 is 0 Å². The zero-order chi connectivity index (χ0) is 17.4. The minimum atomic E-state index is -0.150. The third kappa shape index (κ3) is 3.06. The molecule has 0 spiro atoms. The summed E-state index contributed by atoms with van der Waals surface area (Å²) in [5.74, 6) is 1.07. The normalized spacial score (nSPS) is 14.1. The van der Waals surface area contributed by atoms with Gasteiger partial charge in [-0.25, -0.2) is 4.98 Å². The van der Waals surface area contributed by atoms with Crippen LogP contribution in [0.5, 0.6) is 0 Å². The molecule has 1 N–H and O–H groups in total. The molecule has 5 nitrogen and oxygen atoms in total. The number of aryl methyl sites for hydroxylation is 1. The third-order valence-corrected chi connectivity index (χ3v) is 4.91. The van der Waals surface area contributed by atoms with Crippen LogP contribution in [-0.2, 0) is 6.54 Å². The van der Waals surface area contributed by atoms with E-state index in [1.165, 1.54) is 5.56 Å². The summed E-state index contributed by atoms with van der Waals surface area (Å²) < 4.78 is 2.00. The number of anilines is 1. The van der Waals surface area contributed by atoms with Crippen LogP contribution >= 0.6 is 11.8 Å². The lowest BCUT2D eigenvalue weighted by molar-refractivity contribution is 0.0951. The molecule has 1 aromatic carbocycles. The molecule has 3 rings (SSSR count). The first-order chi connectivity index (χ1) is 11.4. The average molecular weight is 342 g/mol. The number of hydrogen-bond donors (Lipinski definition) is 1. The summed E-state index contributed by atoms with van der Waals surface area (Å²) in [6.45, 7) is 10.8. The second-order valence-corrected chi connectivity index (χ2v) is 7.81. The molecule has 0 unspecified atom stereocenters. The van der Waals surface area contributed by atoms with Gasteiger partial charge in [-0.15, -0.1) is 0 Å². The van der Waals surface area contributed by atoms with E-state index >= 15 is 0 Å². The van der Waals surface area contributed by atoms with Crippen molar-refractivity contribution in [2.24, 2.45) is 0 Å². The standard InChI is InChI=1S/C18H22N4OS/c1-11(2)24-18-20-16-15(17(23)19-13(4)21(16)5)22(18)10-14-8-6-12(3)7-9-14/h6-9,11H,4,10H2,1-3,5H3,(H,19,23). The number of fused-ring (bicyclic) bond motifs is 1. The Morgan fingerprint density at radius 3 is 2.58 bits per heavy atom. The van der Waals surface area contributed by atoms with Gasteiger partial charge in [0.1, 0.15) is 5.82 Å². The third-order valence-electron chi connectivity index (χ3n) is 3.91. The van der Waals surface area contributed by atoms with Crippen LogP contribution in [0.1, 0.15) is 35.5 Å². The van der Waals surface area contributed by atoms with Crippen molar-refractivity contribution < 1.29 is 4.79 Å². The number of carbonyl (C=O) groups excluding carboxylic acids is 1. The summed E-state index contributed by atoms with van der Waals surface area (Å²) in [4.78, 5) is 19.1. The van der Waals surface area contributed by atoms with Crippen molar-refractivity contribution in [1.82, 2.24) is 14.9 Å². The van der Waals surface area contributed by atoms with E-state index in [1.807, 2.05) is 16.5 Å². The molecule has 0 atom stereocenters. The second-order valence-electron chi connectivity index (χ2n) is 6.26. The summed E-state index contributed by atoms with van der Waals surface area (Å²) >= 11 is 1.66. The largest absolute Gasteiger partial charge is 0.314 e. The Morgan fingerprint density at radius 1 is 1.29 bits per heavy atom. The molecular weight excluding hydrogens is 320 g/mol. The van der Waals surface area contributed by atoms with Crippen LogP contribution < -0.4 is 10.2 Å². The molecule has 0 fully saturated rings. The zero-order valence-corrected chi connectivity index (χ0v) is 15.3. The van der Waals surface area contributed by atoms with Crippen molar-refractivity contribution in [3.05, 3.63) is 53.5 Å². The first-order valence-corrected chi connectivity index (χ1v) is 8.81. The Bertz CT molecular complexity index is 792. The van der Waals surface area contributed by atoms with E-state index in [4.69, 9.17) is 4.98 Å². The van der Waals surface area contributed by atoms with Crippen LogP contribution in [0, 0.1) is 6.92 Å². The predicted octanol–water partition coefficient (Wildman–Crippen LogP) is 3.39. The first-order valence-electron chi connectivity index (χ1n) is 7.93. The van der Waals surface area contributed by atoms with E-state index in [0.29, 0.717) is 29.1 Å². The SMILES string of the molecule is C=C1NC(=O)c2c(nc(SC(C)C)n2Cc2ccc(C)cc2)N1C. The quantitative estimate of drug-likeness (QED) is 0.865. The number of amides is 1. The predicted molar refractivity (Wildman–Crippen MR) is 98.5 cm³/mol. The summed E-state index contributed by atoms with van der Waals surface area (Å²) in [7, 11) is 1.87. The smallest absolute Gasteiger partial charge is 0.277 e. The van der Waals surface area contributed by atoms with Gasteiger partial charge in [-0.3, -0.25) is 4.79 Å². The van der Waals surface area contributed by atoms with Crippen molar-refractivity contribution in [2.75, 3.05) is 11.9 Å². The summed E-state index contributed by atoms with van der Waals surface area (Å²) in [5, 5.41) is 4.04. The number of imidazole rings is 1. The molecule has 0 aliphatic carbocycles. The number of nitrogens with one attached hydrogen (secondary N) is 1. The Balaban J connectivity index is 2.08. The van der Waals surface area contributed by atoms with Gasteiger partial charge in [0.15, 0.2) is 16.7 Å². The highest BCUT2D eigenvalue weighted by atomic mass is 32.2. The number of carbonyl (C=O) groups is 1. The van der Waals surface area contributed by atoms with Crippen molar-refractivity contribution in [1.29, 1.82) is 0 Å². The fraction of sp³-hybridized carbons (Fsp3) is 0.333. The lowest BCUT2D eigenvalue weighted by Crippen LogP contribution is -2.39. The Kier molecular flexibility index (Phi) is 4.41. The molecule has 24 heavy (non-hydrogen) atoms. The molecule has 2 heterocycles. The molecule has 1 aliphatic heterocycles. The summed E-state index contributed by atoms with van der Waals surface area (Å²) in [5.41, 5.74) is 2.96. The van der Waals surface area contributed by atoms with E-state index in [1.54, 1.807) is 11.8 Å². The van der Waals surface area contributed by atoms with Gasteiger partial charge in [-0.1, -0.05) is 62.0 Å². The lowest BCUT2D eigenvalue weighted by Gasteiger charge is -2.26. The molecular formula is C18H22N4OS. The fourth-order valence-corrected chi connectivity index (χ4v) is 3.45. The number of hydrogen-bond acceptors (Lipinski definition) is 4. The van der Waals surface area contributed by atoms with Gasteiger partial charge in [-0.05, 0) is 12.5 Å². The maximum absolute atomic E-state index is 12.5. The number of nitrogens with zero attached hydrogens (tertiary/aromatic N) is 3. The molecule has 2 aromatic rings. The van der Waals surface area contributed by atoms with Crippen molar-refractivity contribution in [3.8, 4) is 0 Å². The molecule has 6 heteroatoms. The Morgan fingerprint density at radius 2 is 1.96 bits per heavy atom. The molecule has 0 radical (unpaired) electrons. The highest BCUT2D eigenvalue weighted by molar-refractivity contribution is 7.99. The van der Waals surface area contributed by atoms with Crippen molar-refractivity contribution in [2.45, 2.75) is 37.7 Å². The maximum atomic E-state index is 12.5. The fourth-order valence-electron chi connectivity index (χ4n) is 2.60. The summed E-state index contributed by atoms with van der Waals surface area (Å²) in [6, 6.07) is 8.36. The Labute approximate surface area is 146 Å². The van der Waals surface area contributed by atoms with Crippen LogP contribution in [-0.4, -0.2) is 27.8 Å². The van der Waals surface area contributed by atoms with Gasteiger partial charge >= 0.3 is 0 Å². The number of thioether (sulfide) groups is 1. The van der Waals surface area contributed by atoms with Crippen LogP contribution in [0.25, 0.3) is 0 Å². The second kappa shape index (κ2) is 6.36. The van der Waals surface area contributed by atoms with Gasteiger partial charge < -0.3 is 14.8 Å². The van der Waals surface area contributed by atoms with Crippen molar-refractivity contribution >= 4 is 23.5 Å². The van der Waals surface area contributed by atoms with E-state index in [9.17, 15) is 4.79 Å². The highest BCUT2D eigenvalue weighted by Crippen LogP contribution is 2.33. The average Bonchev–Trinajstić information content (AvgIpc) is 2.85. The zero-order valence-electron chi connectivity index (χ0n) is 14.5. The molecule has 0 bridgehead atoms. The first kappa shape index (κ1) is 16.6. The van der Waals surface area contributed by atoms with Gasteiger partial charge in [0.25, 0.3) is 5.91 Å². The molecule has 126 valence electrons. The van der Waals surface area contributed by atoms with E-state index in [0.717, 1.165) is 10.7 Å². The minimum Gasteiger partial charge on any atom is -0.314 e. The van der Waals surface area contributed by atoms with Gasteiger partial charge in [0, 0.05) is 12.3 Å². The number of rotatable bonds is 4. The monoisotopic (exact) mass is 342 g/mol. The van der Waals surface area contributed by atoms with Crippen LogP contribution in [0.4, 0.5) is 5.82 Å². The van der Waals surface area contributed by atoms with Crippen molar-refractivity contribution in [3.63, 3.8) is 0 Å². The molecule has 1 aliphatic rings. The number of benzene rings is 1. The maximum Gasteiger partial charge on any atom is 0.277 e. The van der Waals surface area contributed by atoms with Gasteiger partial charge in [0.05, 0.1) is 6.54 Å². The summed E-state index contributed by atoms with van der Waals surface area (Å²) in [6.07, 6.45) is 0. The molecule has 0 saturated heterocycles. The highest BCUT2D eigenvalue weighted by Gasteiger charge is 2.31. The minimum absolute atomic E-state index is 0.150. The van der Waals surface area contributed by atoms with E-state index in [2.05, 4.69) is 56.9 Å². The van der Waals surface area contributed by atoms with E-state index in [-0.39, 0.29) is 5.91 Å². The van der Waals surface area contributed by atoms with Crippen LogP contribution in [0.3, 0.4) is 0 Å². The van der Waals surface area contributed by atoms with Gasteiger partial charge in [0.2, 0.25) is 0 Å². The number of aromatic nitrogens is 2. The molecule has 0 saturated carbocycles. The molecule has 1 amide bonds. The Hall–Kier alpha value is -2.21. The van der Waals surface area contributed by atoms with Crippen LogP contribution in [0.2, 0.25) is 0 Å². The lowest BCUT2D eigenvalue weighted by atomic mass is 10.1. The topological polar surface area (TPSA) is 50.2 Å². The van der Waals surface area contributed by atoms with Crippen LogP contribution in [0.15, 0.2) is 41.8 Å². The van der Waals surface area contributed by atoms with Gasteiger partial charge in [-0.2, -0.15) is 0 Å². The molecule has 1 aromatic heterocycles.